The van der Waals surface area contributed by atoms with Crippen LogP contribution in [0, 0.1) is 11.8 Å². The van der Waals surface area contributed by atoms with Gasteiger partial charge in [-0.2, -0.15) is 18.3 Å². The van der Waals surface area contributed by atoms with E-state index in [1.54, 1.807) is 38.1 Å². The van der Waals surface area contributed by atoms with Gasteiger partial charge in [0.05, 0.1) is 41.3 Å². The lowest BCUT2D eigenvalue weighted by molar-refractivity contribution is -0.138. The van der Waals surface area contributed by atoms with Gasteiger partial charge in [-0.05, 0) is 94.3 Å². The van der Waals surface area contributed by atoms with Crippen molar-refractivity contribution in [2.24, 2.45) is 0 Å². The van der Waals surface area contributed by atoms with Crippen LogP contribution in [0.5, 0.6) is 0 Å². The summed E-state index contributed by atoms with van der Waals surface area (Å²) < 4.78 is 52.5. The van der Waals surface area contributed by atoms with Crippen LogP contribution in [0.4, 0.5) is 24.8 Å². The quantitative estimate of drug-likeness (QED) is 0.0879. The molecule has 0 bridgehead atoms. The number of alkyl halides is 3. The van der Waals surface area contributed by atoms with Gasteiger partial charge >= 0.3 is 6.18 Å². The number of benzene rings is 2. The van der Waals surface area contributed by atoms with E-state index in [1.807, 2.05) is 12.1 Å². The lowest BCUT2D eigenvalue weighted by Crippen LogP contribution is -2.54. The number of carbonyl (C=O) groups excluding carboxylic acids is 4. The molecule has 4 amide bonds. The van der Waals surface area contributed by atoms with Crippen LogP contribution >= 0.6 is 11.9 Å². The third-order valence-electron chi connectivity index (χ3n) is 9.76. The van der Waals surface area contributed by atoms with E-state index in [4.69, 9.17) is 4.74 Å². The number of hydrogen-bond acceptors (Lipinski definition) is 12. The molecule has 4 heterocycles. The number of imide groups is 2. The smallest absolute Gasteiger partial charge is 0.389 e. The van der Waals surface area contributed by atoms with Gasteiger partial charge in [-0.1, -0.05) is 17.9 Å². The van der Waals surface area contributed by atoms with Crippen molar-refractivity contribution in [2.75, 3.05) is 11.9 Å². The molecular formula is C40H39F3N8O6S. The van der Waals surface area contributed by atoms with Crippen LogP contribution in [0.15, 0.2) is 66.0 Å². The maximum absolute atomic E-state index is 13.9. The molecule has 1 unspecified atom stereocenters. The largest absolute Gasteiger partial charge is 0.419 e. The molecule has 302 valence electrons. The second-order valence-electron chi connectivity index (χ2n) is 14.8. The van der Waals surface area contributed by atoms with Crippen molar-refractivity contribution in [3.05, 3.63) is 83.3 Å². The highest BCUT2D eigenvalue weighted by atomic mass is 32.2. The molecule has 1 atom stereocenters. The highest BCUT2D eigenvalue weighted by Gasteiger charge is 2.45. The van der Waals surface area contributed by atoms with Gasteiger partial charge in [0, 0.05) is 46.6 Å². The number of nitrogens with zero attached hydrogens (tertiary/aromatic N) is 5. The van der Waals surface area contributed by atoms with Gasteiger partial charge in [0.15, 0.2) is 0 Å². The number of piperidine rings is 1. The molecule has 2 fully saturated rings. The van der Waals surface area contributed by atoms with Crippen molar-refractivity contribution < 1.29 is 42.2 Å². The summed E-state index contributed by atoms with van der Waals surface area (Å²) in [6, 6.07) is 11.3. The summed E-state index contributed by atoms with van der Waals surface area (Å²) in [5.41, 5.74) is -1.03. The summed E-state index contributed by atoms with van der Waals surface area (Å²) in [6.45, 7) is 3.37. The van der Waals surface area contributed by atoms with E-state index in [9.17, 15) is 37.5 Å². The van der Waals surface area contributed by atoms with E-state index in [0.29, 0.717) is 11.3 Å². The number of amides is 4. The number of nitrogens with one attached hydrogen (secondary N) is 3. The minimum atomic E-state index is -4.69. The molecule has 14 nitrogen and oxygen atoms in total. The first-order valence-electron chi connectivity index (χ1n) is 18.6. The average Bonchev–Trinajstić information content (AvgIpc) is 3.73. The molecule has 7 rings (SSSR count). The molecule has 58 heavy (non-hydrogen) atoms. The Labute approximate surface area is 335 Å². The number of hydrogen-bond donors (Lipinski definition) is 4. The first-order chi connectivity index (χ1) is 27.6. The first-order valence-corrected chi connectivity index (χ1v) is 19.4. The lowest BCUT2D eigenvalue weighted by atomic mass is 9.94. The zero-order chi connectivity index (χ0) is 41.2. The normalized spacial score (nSPS) is 19.8. The van der Waals surface area contributed by atoms with Crippen LogP contribution in [0.2, 0.25) is 0 Å². The van der Waals surface area contributed by atoms with Crippen LogP contribution in [-0.2, 0) is 27.0 Å². The predicted octanol–water partition coefficient (Wildman–Crippen LogP) is 5.25. The van der Waals surface area contributed by atoms with Crippen LogP contribution in [0.25, 0.3) is 11.3 Å². The van der Waals surface area contributed by atoms with Gasteiger partial charge in [0.25, 0.3) is 11.8 Å². The number of aromatic nitrogens is 4. The monoisotopic (exact) mass is 816 g/mol. The van der Waals surface area contributed by atoms with Crippen molar-refractivity contribution in [1.29, 1.82) is 0 Å². The maximum atomic E-state index is 13.9. The van der Waals surface area contributed by atoms with E-state index < -0.39 is 47.0 Å². The number of carbonyl (C=O) groups is 4. The van der Waals surface area contributed by atoms with Crippen molar-refractivity contribution >= 4 is 47.2 Å². The third-order valence-corrected chi connectivity index (χ3v) is 10.7. The van der Waals surface area contributed by atoms with E-state index in [2.05, 4.69) is 42.3 Å². The van der Waals surface area contributed by atoms with Crippen LogP contribution in [0.3, 0.4) is 0 Å². The molecule has 3 aliphatic rings. The summed E-state index contributed by atoms with van der Waals surface area (Å²) in [5, 5.41) is 19.3. The fourth-order valence-electron chi connectivity index (χ4n) is 6.98. The fourth-order valence-corrected chi connectivity index (χ4v) is 7.79. The Morgan fingerprint density at radius 1 is 1.00 bits per heavy atom. The first kappa shape index (κ1) is 40.6. The van der Waals surface area contributed by atoms with Crippen molar-refractivity contribution in [3.63, 3.8) is 0 Å². The van der Waals surface area contributed by atoms with Gasteiger partial charge in [0.2, 0.25) is 17.8 Å². The molecule has 2 aromatic heterocycles. The molecule has 0 spiro atoms. The molecule has 0 radical (unpaired) electrons. The van der Waals surface area contributed by atoms with Gasteiger partial charge < -0.3 is 15.2 Å². The molecule has 2 aliphatic heterocycles. The molecular weight excluding hydrogens is 778 g/mol. The SMILES string of the molecule is CC(C)(O)Cn1cc(-c2nc(Nc3ccc(SNC4CCC(OCC#Cc5cccc6c5C(=O)N(C5CCC(=O)NC5=O)C6=O)CC4)cc3)ncc2C(F)(F)F)cn1. The minimum Gasteiger partial charge on any atom is -0.389 e. The number of anilines is 2. The summed E-state index contributed by atoms with van der Waals surface area (Å²) in [5.74, 6) is 3.60. The number of fused-ring (bicyclic) bond motifs is 1. The van der Waals surface area contributed by atoms with Gasteiger partial charge in [-0.25, -0.2) is 9.97 Å². The van der Waals surface area contributed by atoms with E-state index >= 15 is 0 Å². The van der Waals surface area contributed by atoms with Crippen LogP contribution in [-0.4, -0.2) is 83.8 Å². The van der Waals surface area contributed by atoms with Crippen molar-refractivity contribution in [2.45, 2.75) is 93.8 Å². The molecule has 1 saturated heterocycles. The van der Waals surface area contributed by atoms with Crippen molar-refractivity contribution in [3.8, 4) is 23.1 Å². The highest BCUT2D eigenvalue weighted by molar-refractivity contribution is 7.97. The van der Waals surface area contributed by atoms with Crippen LogP contribution < -0.4 is 15.4 Å². The van der Waals surface area contributed by atoms with Gasteiger partial charge in [-0.15, -0.1) is 0 Å². The number of rotatable bonds is 11. The molecule has 2 aromatic carbocycles. The zero-order valence-corrected chi connectivity index (χ0v) is 32.2. The standard InChI is InChI=1S/C40H39F3N8O6S/c1-39(2,56)22-50-21-24(19-45-50)34-30(40(41,42)43)20-44-38(48-34)46-25-10-14-28(15-11-25)58-49-26-8-12-27(13-9-26)57-18-4-6-23-5-3-7-29-33(23)37(55)51(36(29)54)31-16-17-32(52)47-35(31)53/h3,5,7,10-11,14-15,19-21,26-27,31,49,56H,8-9,12-13,16-18,22H2,1-2H3,(H,44,46,48)(H,47,52,53). The Morgan fingerprint density at radius 2 is 1.76 bits per heavy atom. The topological polar surface area (TPSA) is 181 Å². The maximum Gasteiger partial charge on any atom is 0.419 e. The number of halogens is 3. The number of aliphatic hydroxyl groups is 1. The summed E-state index contributed by atoms with van der Waals surface area (Å²) in [7, 11) is 0. The average molecular weight is 817 g/mol. The summed E-state index contributed by atoms with van der Waals surface area (Å²) in [4.78, 5) is 60.3. The second kappa shape index (κ2) is 16.7. The molecule has 1 saturated carbocycles. The summed E-state index contributed by atoms with van der Waals surface area (Å²) in [6.07, 6.45) is 2.21. The Kier molecular flexibility index (Phi) is 11.7. The lowest BCUT2D eigenvalue weighted by Gasteiger charge is -2.28. The third kappa shape index (κ3) is 9.39. The number of ether oxygens (including phenoxy) is 1. The van der Waals surface area contributed by atoms with Crippen molar-refractivity contribution in [1.82, 2.24) is 34.7 Å². The molecule has 4 N–H and O–H groups in total. The Bertz CT molecular complexity index is 2290. The Balaban J connectivity index is 0.875. The summed E-state index contributed by atoms with van der Waals surface area (Å²) >= 11 is 1.48. The highest BCUT2D eigenvalue weighted by Crippen LogP contribution is 2.37. The fraction of sp³-hybridized carbons (Fsp3) is 0.375. The van der Waals surface area contributed by atoms with Crippen LogP contribution in [0.1, 0.15) is 84.2 Å². The van der Waals surface area contributed by atoms with Gasteiger partial charge in [-0.3, -0.25) is 38.8 Å². The second-order valence-corrected chi connectivity index (χ2v) is 15.7. The molecule has 18 heteroatoms. The Hall–Kier alpha value is -5.61. The van der Waals surface area contributed by atoms with E-state index in [-0.39, 0.29) is 66.5 Å². The zero-order valence-electron chi connectivity index (χ0n) is 31.4. The van der Waals surface area contributed by atoms with E-state index in [1.165, 1.54) is 35.1 Å². The molecule has 1 aliphatic carbocycles. The predicted molar refractivity (Wildman–Crippen MR) is 205 cm³/mol. The minimum absolute atomic E-state index is 0.00669. The Morgan fingerprint density at radius 3 is 2.47 bits per heavy atom. The molecule has 4 aromatic rings. The van der Waals surface area contributed by atoms with Gasteiger partial charge in [0.1, 0.15) is 18.2 Å². The van der Waals surface area contributed by atoms with E-state index in [0.717, 1.165) is 41.7 Å².